The smallest absolute Gasteiger partial charge is 0.0651 e. The Labute approximate surface area is 97.6 Å². The third-order valence-electron chi connectivity index (χ3n) is 5.11. The Balaban J connectivity index is 2.60. The van der Waals surface area contributed by atoms with E-state index in [9.17, 15) is 0 Å². The lowest BCUT2D eigenvalue weighted by atomic mass is 9.73. The monoisotopic (exact) mass is 208 g/mol. The van der Waals surface area contributed by atoms with Gasteiger partial charge in [0.1, 0.15) is 7.85 Å². The molecule has 0 heterocycles. The summed E-state index contributed by atoms with van der Waals surface area (Å²) >= 11 is 0. The zero-order valence-corrected chi connectivity index (χ0v) is 11.6. The summed E-state index contributed by atoms with van der Waals surface area (Å²) in [5.74, 6) is 5.70. The maximum Gasteiger partial charge on any atom is 0.106 e. The fourth-order valence-corrected chi connectivity index (χ4v) is 3.72. The molecule has 5 unspecified atom stereocenters. The predicted molar refractivity (Wildman–Crippen MR) is 72.0 cm³/mol. The van der Waals surface area contributed by atoms with Crippen LogP contribution in [0.25, 0.3) is 0 Å². The summed E-state index contributed by atoms with van der Waals surface area (Å²) in [4.78, 5) is 0. The molecule has 0 bridgehead atoms. The highest BCUT2D eigenvalue weighted by atomic mass is 14.4. The van der Waals surface area contributed by atoms with Crippen molar-refractivity contribution >= 4 is 7.85 Å². The Morgan fingerprint density at radius 2 is 1.60 bits per heavy atom. The maximum absolute atomic E-state index is 2.49. The molecule has 0 aromatic rings. The van der Waals surface area contributed by atoms with Gasteiger partial charge in [0.2, 0.25) is 0 Å². The van der Waals surface area contributed by atoms with Crippen LogP contribution in [0, 0.1) is 29.6 Å². The van der Waals surface area contributed by atoms with E-state index in [-0.39, 0.29) is 0 Å². The average molecular weight is 208 g/mol. The number of hydrogen-bond acceptors (Lipinski definition) is 0. The van der Waals surface area contributed by atoms with Crippen LogP contribution in [0.5, 0.6) is 0 Å². The minimum Gasteiger partial charge on any atom is -0.0651 e. The van der Waals surface area contributed by atoms with E-state index in [1.807, 2.05) is 0 Å². The van der Waals surface area contributed by atoms with Gasteiger partial charge >= 0.3 is 0 Å². The van der Waals surface area contributed by atoms with Crippen LogP contribution in [-0.4, -0.2) is 7.85 Å². The van der Waals surface area contributed by atoms with E-state index in [0.717, 1.165) is 35.4 Å². The van der Waals surface area contributed by atoms with Crippen LogP contribution < -0.4 is 0 Å². The molecule has 0 saturated heterocycles. The molecule has 0 N–H and O–H groups in total. The molecule has 1 fully saturated rings. The molecule has 0 spiro atoms. The summed E-state index contributed by atoms with van der Waals surface area (Å²) < 4.78 is 0. The lowest BCUT2D eigenvalue weighted by Gasteiger charge is -2.24. The minimum absolute atomic E-state index is 0.876. The van der Waals surface area contributed by atoms with Crippen LogP contribution in [0.4, 0.5) is 0 Å². The fraction of sp³-hybridized carbons (Fsp3) is 1.00. The van der Waals surface area contributed by atoms with E-state index in [0.29, 0.717) is 0 Å². The van der Waals surface area contributed by atoms with Gasteiger partial charge in [-0.2, -0.15) is 0 Å². The molecular weight excluding hydrogens is 179 g/mol. The highest BCUT2D eigenvalue weighted by Gasteiger charge is 2.41. The second-order valence-electron chi connectivity index (χ2n) is 6.28. The summed E-state index contributed by atoms with van der Waals surface area (Å²) in [6.45, 7) is 12.1. The second kappa shape index (κ2) is 5.41. The first kappa shape index (κ1) is 13.1. The van der Waals surface area contributed by atoms with Crippen molar-refractivity contribution in [1.29, 1.82) is 0 Å². The number of rotatable bonds is 4. The van der Waals surface area contributed by atoms with Crippen molar-refractivity contribution in [2.75, 3.05) is 0 Å². The Bertz CT molecular complexity index is 188. The van der Waals surface area contributed by atoms with Gasteiger partial charge < -0.3 is 0 Å². The quantitative estimate of drug-likeness (QED) is 0.617. The predicted octanol–water partition coefficient (Wildman–Crippen LogP) is 3.77. The molecule has 0 amide bonds. The first-order valence-electron chi connectivity index (χ1n) is 6.99. The van der Waals surface area contributed by atoms with Gasteiger partial charge in [-0.05, 0) is 36.0 Å². The first-order chi connectivity index (χ1) is 6.99. The van der Waals surface area contributed by atoms with E-state index in [1.54, 1.807) is 0 Å². The normalized spacial score (nSPS) is 41.3. The van der Waals surface area contributed by atoms with Crippen LogP contribution in [-0.2, 0) is 0 Å². The van der Waals surface area contributed by atoms with Crippen molar-refractivity contribution in [3.63, 3.8) is 0 Å². The summed E-state index contributed by atoms with van der Waals surface area (Å²) in [5.41, 5.74) is 0. The van der Waals surface area contributed by atoms with Crippen LogP contribution in [0.2, 0.25) is 5.82 Å². The van der Waals surface area contributed by atoms with Crippen LogP contribution in [0.3, 0.4) is 0 Å². The molecule has 88 valence electrons. The third-order valence-corrected chi connectivity index (χ3v) is 5.11. The van der Waals surface area contributed by atoms with Gasteiger partial charge in [-0.25, -0.2) is 0 Å². The first-order valence-corrected chi connectivity index (χ1v) is 6.99. The lowest BCUT2D eigenvalue weighted by Crippen LogP contribution is -2.15. The van der Waals surface area contributed by atoms with Crippen LogP contribution >= 0.6 is 0 Å². The molecule has 5 atom stereocenters. The molecule has 1 rings (SSSR count). The Morgan fingerprint density at radius 1 is 1.07 bits per heavy atom. The molecule has 1 saturated carbocycles. The van der Waals surface area contributed by atoms with Crippen LogP contribution in [0.1, 0.15) is 53.9 Å². The largest absolute Gasteiger partial charge is 0.106 e. The molecule has 1 aliphatic carbocycles. The van der Waals surface area contributed by atoms with Crippen molar-refractivity contribution in [3.05, 3.63) is 0 Å². The highest BCUT2D eigenvalue weighted by Crippen LogP contribution is 2.51. The standard InChI is InChI=1S/C14H29B/c1-6-12-10(4)14(15)11(5)13(12)8-7-9(2)3/h9-14H,6-8,15H2,1-5H3. The zero-order valence-electron chi connectivity index (χ0n) is 11.6. The topological polar surface area (TPSA) is 0 Å². The van der Waals surface area contributed by atoms with Gasteiger partial charge in [-0.3, -0.25) is 0 Å². The average Bonchev–Trinajstić information content (AvgIpc) is 2.39. The van der Waals surface area contributed by atoms with E-state index in [2.05, 4.69) is 42.5 Å². The molecule has 1 heteroatoms. The van der Waals surface area contributed by atoms with Gasteiger partial charge in [0.05, 0.1) is 0 Å². The Hall–Kier alpha value is 0.0649. The van der Waals surface area contributed by atoms with Crippen molar-refractivity contribution in [2.45, 2.75) is 59.7 Å². The van der Waals surface area contributed by atoms with E-state index >= 15 is 0 Å². The van der Waals surface area contributed by atoms with Gasteiger partial charge in [-0.15, -0.1) is 0 Å². The summed E-state index contributed by atoms with van der Waals surface area (Å²) in [6, 6.07) is 0. The molecule has 15 heavy (non-hydrogen) atoms. The minimum atomic E-state index is 0.876. The van der Waals surface area contributed by atoms with E-state index < -0.39 is 0 Å². The second-order valence-corrected chi connectivity index (χ2v) is 6.28. The Morgan fingerprint density at radius 3 is 2.07 bits per heavy atom. The lowest BCUT2D eigenvalue weighted by molar-refractivity contribution is 0.258. The van der Waals surface area contributed by atoms with E-state index in [1.165, 1.54) is 19.3 Å². The van der Waals surface area contributed by atoms with Crippen molar-refractivity contribution < 1.29 is 0 Å². The molecule has 0 aromatic carbocycles. The van der Waals surface area contributed by atoms with Crippen LogP contribution in [0.15, 0.2) is 0 Å². The van der Waals surface area contributed by atoms with Gasteiger partial charge in [0.15, 0.2) is 0 Å². The Kier molecular flexibility index (Phi) is 4.74. The van der Waals surface area contributed by atoms with Crippen molar-refractivity contribution in [1.82, 2.24) is 0 Å². The van der Waals surface area contributed by atoms with Gasteiger partial charge in [0.25, 0.3) is 0 Å². The molecule has 0 radical (unpaired) electrons. The maximum atomic E-state index is 2.49. The zero-order chi connectivity index (χ0) is 11.6. The summed E-state index contributed by atoms with van der Waals surface area (Å²) in [5, 5.41) is 0. The molecule has 1 aliphatic rings. The SMILES string of the molecule is BC1C(C)C(CC)C(CCC(C)C)C1C. The van der Waals surface area contributed by atoms with Gasteiger partial charge in [0, 0.05) is 0 Å². The van der Waals surface area contributed by atoms with Crippen molar-refractivity contribution in [3.8, 4) is 0 Å². The molecule has 0 nitrogen and oxygen atoms in total. The highest BCUT2D eigenvalue weighted by molar-refractivity contribution is 6.12. The third kappa shape index (κ3) is 2.79. The molecule has 0 aromatic heterocycles. The summed E-state index contributed by atoms with van der Waals surface area (Å²) in [6.07, 6.45) is 4.27. The van der Waals surface area contributed by atoms with Crippen molar-refractivity contribution in [2.24, 2.45) is 29.6 Å². The van der Waals surface area contributed by atoms with Gasteiger partial charge in [-0.1, -0.05) is 53.3 Å². The summed E-state index contributed by atoms with van der Waals surface area (Å²) in [7, 11) is 2.47. The fourth-order valence-electron chi connectivity index (χ4n) is 3.72. The molecular formula is C14H29B. The number of hydrogen-bond donors (Lipinski definition) is 0. The van der Waals surface area contributed by atoms with E-state index in [4.69, 9.17) is 0 Å². The molecule has 0 aliphatic heterocycles.